The number of benzene rings is 1. The second-order valence-electron chi connectivity index (χ2n) is 6.23. The van der Waals surface area contributed by atoms with E-state index in [4.69, 9.17) is 4.74 Å². The largest absolute Gasteiger partial charge is 0.389 e. The number of aliphatic hydroxyl groups excluding tert-OH is 1. The molecule has 0 aliphatic heterocycles. The fraction of sp³-hybridized carbons (Fsp3) is 0.647. The summed E-state index contributed by atoms with van der Waals surface area (Å²) < 4.78 is 5.53. The minimum absolute atomic E-state index is 0.391. The number of hydrogen-bond acceptors (Lipinski definition) is 3. The van der Waals surface area contributed by atoms with Crippen LogP contribution >= 0.6 is 0 Å². The van der Waals surface area contributed by atoms with Gasteiger partial charge in [-0.2, -0.15) is 0 Å². The number of ether oxygens (including phenoxy) is 1. The van der Waals surface area contributed by atoms with Crippen molar-refractivity contribution in [1.29, 1.82) is 0 Å². The monoisotopic (exact) mass is 277 g/mol. The van der Waals surface area contributed by atoms with E-state index in [9.17, 15) is 5.11 Å². The molecule has 112 valence electrons. The molecule has 0 saturated heterocycles. The molecule has 1 aromatic rings. The van der Waals surface area contributed by atoms with Gasteiger partial charge in [0.1, 0.15) is 0 Å². The number of nitrogens with zero attached hydrogens (tertiary/aromatic N) is 1. The highest BCUT2D eigenvalue weighted by Gasteiger charge is 2.30. The molecule has 0 amide bonds. The van der Waals surface area contributed by atoms with Gasteiger partial charge in [0, 0.05) is 25.7 Å². The van der Waals surface area contributed by atoms with Crippen LogP contribution in [0.2, 0.25) is 0 Å². The lowest BCUT2D eigenvalue weighted by molar-refractivity contribution is 0.00548. The van der Waals surface area contributed by atoms with Crippen LogP contribution in [-0.2, 0) is 11.3 Å². The average molecular weight is 277 g/mol. The predicted octanol–water partition coefficient (Wildman–Crippen LogP) is 2.68. The molecule has 1 aliphatic rings. The van der Waals surface area contributed by atoms with Crippen LogP contribution in [0.1, 0.15) is 32.3 Å². The Balaban J connectivity index is 1.77. The molecule has 1 N–H and O–H groups in total. The number of aliphatic hydroxyl groups is 1. The summed E-state index contributed by atoms with van der Waals surface area (Å²) >= 11 is 0. The molecule has 0 spiro atoms. The Morgan fingerprint density at radius 3 is 2.50 bits per heavy atom. The molecule has 3 heteroatoms. The number of hydrogen-bond donors (Lipinski definition) is 1. The molecular weight excluding hydrogens is 250 g/mol. The van der Waals surface area contributed by atoms with Gasteiger partial charge in [-0.25, -0.2) is 0 Å². The van der Waals surface area contributed by atoms with Crippen LogP contribution in [0.5, 0.6) is 0 Å². The van der Waals surface area contributed by atoms with Crippen LogP contribution in [-0.4, -0.2) is 41.9 Å². The van der Waals surface area contributed by atoms with Crippen LogP contribution in [0, 0.1) is 5.92 Å². The highest BCUT2D eigenvalue weighted by atomic mass is 16.5. The van der Waals surface area contributed by atoms with E-state index in [0.29, 0.717) is 25.1 Å². The third-order valence-electron chi connectivity index (χ3n) is 3.50. The van der Waals surface area contributed by atoms with Crippen molar-refractivity contribution in [2.24, 2.45) is 5.92 Å². The maximum atomic E-state index is 10.1. The molecule has 1 saturated carbocycles. The fourth-order valence-corrected chi connectivity index (χ4v) is 2.36. The fourth-order valence-electron chi connectivity index (χ4n) is 2.36. The van der Waals surface area contributed by atoms with E-state index in [1.54, 1.807) is 0 Å². The summed E-state index contributed by atoms with van der Waals surface area (Å²) in [6.45, 7) is 7.04. The van der Waals surface area contributed by atoms with Gasteiger partial charge in [0.05, 0.1) is 12.7 Å². The van der Waals surface area contributed by atoms with Gasteiger partial charge in [-0.05, 0) is 24.3 Å². The summed E-state index contributed by atoms with van der Waals surface area (Å²) in [7, 11) is 0. The molecule has 0 radical (unpaired) electrons. The van der Waals surface area contributed by atoms with Crippen molar-refractivity contribution in [2.45, 2.75) is 45.4 Å². The van der Waals surface area contributed by atoms with Crippen LogP contribution in [0.25, 0.3) is 0 Å². The maximum Gasteiger partial charge on any atom is 0.0900 e. The Labute approximate surface area is 122 Å². The van der Waals surface area contributed by atoms with Crippen molar-refractivity contribution in [1.82, 2.24) is 4.90 Å². The third kappa shape index (κ3) is 5.61. The van der Waals surface area contributed by atoms with Gasteiger partial charge in [0.2, 0.25) is 0 Å². The van der Waals surface area contributed by atoms with Crippen LogP contribution in [0.4, 0.5) is 0 Å². The van der Waals surface area contributed by atoms with E-state index < -0.39 is 6.10 Å². The first-order valence-electron chi connectivity index (χ1n) is 7.69. The smallest absolute Gasteiger partial charge is 0.0900 e. The molecule has 3 nitrogen and oxygen atoms in total. The molecule has 20 heavy (non-hydrogen) atoms. The van der Waals surface area contributed by atoms with Crippen molar-refractivity contribution in [3.05, 3.63) is 35.9 Å². The Bertz CT molecular complexity index is 376. The van der Waals surface area contributed by atoms with E-state index in [-0.39, 0.29) is 0 Å². The SMILES string of the molecule is CC(C)COCC(O)CN(Cc1ccccc1)C1CC1. The zero-order chi connectivity index (χ0) is 14.4. The topological polar surface area (TPSA) is 32.7 Å². The molecule has 1 fully saturated rings. The summed E-state index contributed by atoms with van der Waals surface area (Å²) in [5.74, 6) is 0.519. The standard InChI is InChI=1S/C17H27NO2/c1-14(2)12-20-13-17(19)11-18(16-8-9-16)10-15-6-4-3-5-7-15/h3-7,14,16-17,19H,8-13H2,1-2H3. The Hall–Kier alpha value is -0.900. The summed E-state index contributed by atoms with van der Waals surface area (Å²) in [6.07, 6.45) is 2.12. The van der Waals surface area contributed by atoms with E-state index >= 15 is 0 Å². The third-order valence-corrected chi connectivity index (χ3v) is 3.50. The first kappa shape index (κ1) is 15.5. The van der Waals surface area contributed by atoms with Gasteiger partial charge < -0.3 is 9.84 Å². The van der Waals surface area contributed by atoms with Crippen molar-refractivity contribution < 1.29 is 9.84 Å². The quantitative estimate of drug-likeness (QED) is 0.753. The lowest BCUT2D eigenvalue weighted by atomic mass is 10.2. The predicted molar refractivity (Wildman–Crippen MR) is 81.5 cm³/mol. The van der Waals surface area contributed by atoms with Crippen molar-refractivity contribution in [3.8, 4) is 0 Å². The molecule has 2 rings (SSSR count). The lowest BCUT2D eigenvalue weighted by Gasteiger charge is -2.25. The minimum atomic E-state index is -0.391. The average Bonchev–Trinajstić information content (AvgIpc) is 3.23. The maximum absolute atomic E-state index is 10.1. The minimum Gasteiger partial charge on any atom is -0.389 e. The molecule has 1 atom stereocenters. The summed E-state index contributed by atoms with van der Waals surface area (Å²) in [5.41, 5.74) is 1.31. The summed E-state index contributed by atoms with van der Waals surface area (Å²) in [5, 5.41) is 10.1. The summed E-state index contributed by atoms with van der Waals surface area (Å²) in [6, 6.07) is 11.1. The van der Waals surface area contributed by atoms with Crippen molar-refractivity contribution in [3.63, 3.8) is 0 Å². The summed E-state index contributed by atoms with van der Waals surface area (Å²) in [4.78, 5) is 2.39. The van der Waals surface area contributed by atoms with E-state index in [1.807, 2.05) is 6.07 Å². The van der Waals surface area contributed by atoms with E-state index in [1.165, 1.54) is 18.4 Å². The van der Waals surface area contributed by atoms with Gasteiger partial charge >= 0.3 is 0 Å². The molecule has 0 bridgehead atoms. The molecule has 0 heterocycles. The van der Waals surface area contributed by atoms with Gasteiger partial charge in [-0.15, -0.1) is 0 Å². The normalized spacial score (nSPS) is 16.9. The van der Waals surface area contributed by atoms with Gasteiger partial charge in [-0.3, -0.25) is 4.90 Å². The van der Waals surface area contributed by atoms with Crippen LogP contribution < -0.4 is 0 Å². The molecule has 1 aromatic carbocycles. The van der Waals surface area contributed by atoms with Gasteiger partial charge in [0.15, 0.2) is 0 Å². The molecule has 1 unspecified atom stereocenters. The molecule has 1 aliphatic carbocycles. The Kier molecular flexibility index (Phi) is 6.02. The second-order valence-corrected chi connectivity index (χ2v) is 6.23. The van der Waals surface area contributed by atoms with Crippen LogP contribution in [0.3, 0.4) is 0 Å². The lowest BCUT2D eigenvalue weighted by Crippen LogP contribution is -2.36. The first-order valence-corrected chi connectivity index (χ1v) is 7.69. The number of rotatable bonds is 9. The van der Waals surface area contributed by atoms with Crippen LogP contribution in [0.15, 0.2) is 30.3 Å². The van der Waals surface area contributed by atoms with Gasteiger partial charge in [-0.1, -0.05) is 44.2 Å². The first-order chi connectivity index (χ1) is 9.65. The Morgan fingerprint density at radius 2 is 1.90 bits per heavy atom. The zero-order valence-corrected chi connectivity index (χ0v) is 12.7. The zero-order valence-electron chi connectivity index (χ0n) is 12.7. The van der Waals surface area contributed by atoms with E-state index in [2.05, 4.69) is 43.0 Å². The van der Waals surface area contributed by atoms with Crippen molar-refractivity contribution >= 4 is 0 Å². The second kappa shape index (κ2) is 7.77. The highest BCUT2D eigenvalue weighted by Crippen LogP contribution is 2.28. The highest BCUT2D eigenvalue weighted by molar-refractivity contribution is 5.15. The molecular formula is C17H27NO2. The van der Waals surface area contributed by atoms with Gasteiger partial charge in [0.25, 0.3) is 0 Å². The van der Waals surface area contributed by atoms with Crippen molar-refractivity contribution in [2.75, 3.05) is 19.8 Å². The van der Waals surface area contributed by atoms with E-state index in [0.717, 1.165) is 13.2 Å². The Morgan fingerprint density at radius 1 is 1.20 bits per heavy atom. The molecule has 0 aromatic heterocycles.